The van der Waals surface area contributed by atoms with E-state index in [1.54, 1.807) is 7.11 Å². The number of amides is 1. The fourth-order valence-corrected chi connectivity index (χ4v) is 3.70. The summed E-state index contributed by atoms with van der Waals surface area (Å²) >= 11 is 0. The number of ether oxygens (including phenoxy) is 1. The van der Waals surface area contributed by atoms with Crippen LogP contribution in [0.1, 0.15) is 40.4 Å². The number of carbonyl (C=O) groups excluding carboxylic acids is 1. The van der Waals surface area contributed by atoms with Gasteiger partial charge >= 0.3 is 0 Å². The molecule has 0 aliphatic carbocycles. The quantitative estimate of drug-likeness (QED) is 0.781. The van der Waals surface area contributed by atoms with Crippen LogP contribution in [0, 0.1) is 0 Å². The van der Waals surface area contributed by atoms with Gasteiger partial charge in [-0.2, -0.15) is 0 Å². The van der Waals surface area contributed by atoms with Crippen molar-refractivity contribution in [3.8, 4) is 0 Å². The second-order valence-electron chi connectivity index (χ2n) is 6.88. The largest absolute Gasteiger partial charge is 0.380 e. The van der Waals surface area contributed by atoms with Crippen molar-refractivity contribution < 1.29 is 9.53 Å². The number of hydrogen-bond acceptors (Lipinski definition) is 3. The molecule has 1 saturated heterocycles. The Balaban J connectivity index is 1.40. The van der Waals surface area contributed by atoms with Gasteiger partial charge in [0, 0.05) is 60.7 Å². The Labute approximate surface area is 153 Å². The summed E-state index contributed by atoms with van der Waals surface area (Å²) < 4.78 is 5.12. The molecule has 0 radical (unpaired) electrons. The number of benzene rings is 1. The molecule has 1 N–H and O–H groups in total. The Hall–Kier alpha value is -2.66. The van der Waals surface area contributed by atoms with Gasteiger partial charge in [0.25, 0.3) is 5.91 Å². The van der Waals surface area contributed by atoms with E-state index >= 15 is 0 Å². The molecule has 2 aromatic heterocycles. The standard InChI is InChI=1S/C21H23N3O2/c1-26-14-15-2-4-17(5-3-15)21(25)24-10-7-16(8-11-24)20-12-18-13-22-9-6-19(18)23-20/h2-6,9,12-13,16,23H,7-8,10-11,14H2,1H3. The van der Waals surface area contributed by atoms with Crippen LogP contribution in [0.2, 0.25) is 0 Å². The van der Waals surface area contributed by atoms with Crippen LogP contribution in [0.5, 0.6) is 0 Å². The van der Waals surface area contributed by atoms with Crippen LogP contribution in [0.15, 0.2) is 48.8 Å². The Morgan fingerprint density at radius 1 is 1.23 bits per heavy atom. The third-order valence-electron chi connectivity index (χ3n) is 5.18. The first-order valence-electron chi connectivity index (χ1n) is 9.04. The average Bonchev–Trinajstić information content (AvgIpc) is 3.13. The van der Waals surface area contributed by atoms with Gasteiger partial charge in [0.15, 0.2) is 0 Å². The fraction of sp³-hybridized carbons (Fsp3) is 0.333. The second-order valence-corrected chi connectivity index (χ2v) is 6.88. The van der Waals surface area contributed by atoms with Crippen molar-refractivity contribution in [2.45, 2.75) is 25.4 Å². The molecular formula is C21H23N3O2. The van der Waals surface area contributed by atoms with Gasteiger partial charge in [0.2, 0.25) is 0 Å². The van der Waals surface area contributed by atoms with Gasteiger partial charge < -0.3 is 14.6 Å². The number of rotatable bonds is 4. The predicted molar refractivity (Wildman–Crippen MR) is 101 cm³/mol. The Morgan fingerprint density at radius 2 is 2.00 bits per heavy atom. The summed E-state index contributed by atoms with van der Waals surface area (Å²) in [6.45, 7) is 2.15. The molecule has 3 aromatic rings. The Kier molecular flexibility index (Phi) is 4.71. The fourth-order valence-electron chi connectivity index (χ4n) is 3.70. The molecule has 26 heavy (non-hydrogen) atoms. The van der Waals surface area contributed by atoms with Gasteiger partial charge in [-0.1, -0.05) is 12.1 Å². The lowest BCUT2D eigenvalue weighted by atomic mass is 9.93. The monoisotopic (exact) mass is 349 g/mol. The summed E-state index contributed by atoms with van der Waals surface area (Å²) in [5, 5.41) is 1.15. The first-order chi connectivity index (χ1) is 12.7. The van der Waals surface area contributed by atoms with Gasteiger partial charge in [-0.25, -0.2) is 0 Å². The number of likely N-dealkylation sites (tertiary alicyclic amines) is 1. The summed E-state index contributed by atoms with van der Waals surface area (Å²) in [5.74, 6) is 0.587. The van der Waals surface area contributed by atoms with Crippen LogP contribution in [0.3, 0.4) is 0 Å². The minimum absolute atomic E-state index is 0.119. The van der Waals surface area contributed by atoms with Crippen molar-refractivity contribution in [3.05, 3.63) is 65.6 Å². The summed E-state index contributed by atoms with van der Waals surface area (Å²) in [7, 11) is 1.67. The van der Waals surface area contributed by atoms with Crippen molar-refractivity contribution in [3.63, 3.8) is 0 Å². The molecule has 0 saturated carbocycles. The zero-order valence-electron chi connectivity index (χ0n) is 14.9. The first kappa shape index (κ1) is 16.8. The minimum Gasteiger partial charge on any atom is -0.380 e. The summed E-state index contributed by atoms with van der Waals surface area (Å²) in [5.41, 5.74) is 4.21. The van der Waals surface area contributed by atoms with Gasteiger partial charge in [-0.05, 0) is 42.7 Å². The topological polar surface area (TPSA) is 58.2 Å². The number of methoxy groups -OCH3 is 1. The van der Waals surface area contributed by atoms with Gasteiger partial charge in [-0.3, -0.25) is 9.78 Å². The maximum absolute atomic E-state index is 12.7. The highest BCUT2D eigenvalue weighted by Crippen LogP contribution is 2.30. The van der Waals surface area contributed by atoms with Crippen LogP contribution in [0.4, 0.5) is 0 Å². The zero-order chi connectivity index (χ0) is 17.9. The molecular weight excluding hydrogens is 326 g/mol. The summed E-state index contributed by atoms with van der Waals surface area (Å²) in [4.78, 5) is 22.4. The number of nitrogens with zero attached hydrogens (tertiary/aromatic N) is 2. The second kappa shape index (κ2) is 7.30. The highest BCUT2D eigenvalue weighted by Gasteiger charge is 2.25. The molecule has 1 aliphatic rings. The van der Waals surface area contributed by atoms with E-state index < -0.39 is 0 Å². The van der Waals surface area contributed by atoms with E-state index in [1.165, 1.54) is 5.69 Å². The van der Waals surface area contributed by atoms with E-state index in [-0.39, 0.29) is 5.91 Å². The summed E-state index contributed by atoms with van der Waals surface area (Å²) in [6, 6.07) is 11.9. The molecule has 3 heterocycles. The highest BCUT2D eigenvalue weighted by molar-refractivity contribution is 5.94. The molecule has 0 bridgehead atoms. The van der Waals surface area contributed by atoms with E-state index in [1.807, 2.05) is 47.6 Å². The number of carbonyl (C=O) groups is 1. The smallest absolute Gasteiger partial charge is 0.253 e. The number of nitrogens with one attached hydrogen (secondary N) is 1. The van der Waals surface area contributed by atoms with E-state index in [0.29, 0.717) is 12.5 Å². The van der Waals surface area contributed by atoms with E-state index in [9.17, 15) is 4.79 Å². The lowest BCUT2D eigenvalue weighted by Gasteiger charge is -2.31. The number of piperidine rings is 1. The van der Waals surface area contributed by atoms with E-state index in [2.05, 4.69) is 16.0 Å². The van der Waals surface area contributed by atoms with E-state index in [4.69, 9.17) is 4.74 Å². The molecule has 4 rings (SSSR count). The third-order valence-corrected chi connectivity index (χ3v) is 5.18. The molecule has 134 valence electrons. The first-order valence-corrected chi connectivity index (χ1v) is 9.04. The molecule has 1 amide bonds. The molecule has 1 aromatic carbocycles. The SMILES string of the molecule is COCc1ccc(C(=O)N2CCC(c3cc4cnccc4[nH]3)CC2)cc1. The maximum Gasteiger partial charge on any atom is 0.253 e. The number of pyridine rings is 1. The van der Waals surface area contributed by atoms with Crippen molar-refractivity contribution in [2.24, 2.45) is 0 Å². The van der Waals surface area contributed by atoms with Crippen LogP contribution in [0.25, 0.3) is 10.9 Å². The van der Waals surface area contributed by atoms with Crippen LogP contribution >= 0.6 is 0 Å². The van der Waals surface area contributed by atoms with Gasteiger partial charge in [0.1, 0.15) is 0 Å². The molecule has 0 atom stereocenters. The van der Waals surface area contributed by atoms with Crippen molar-refractivity contribution in [2.75, 3.05) is 20.2 Å². The molecule has 0 spiro atoms. The Morgan fingerprint density at radius 3 is 2.69 bits per heavy atom. The Bertz CT molecular complexity index is 860. The predicted octanol–water partition coefficient (Wildman–Crippen LogP) is 3.73. The average molecular weight is 349 g/mol. The number of fused-ring (bicyclic) bond motifs is 1. The molecule has 1 fully saturated rings. The number of hydrogen-bond donors (Lipinski definition) is 1. The number of H-pyrrole nitrogens is 1. The minimum atomic E-state index is 0.119. The summed E-state index contributed by atoms with van der Waals surface area (Å²) in [6.07, 6.45) is 5.66. The number of aromatic nitrogens is 2. The van der Waals surface area contributed by atoms with Crippen molar-refractivity contribution >= 4 is 16.8 Å². The number of aromatic amines is 1. The van der Waals surface area contributed by atoms with Crippen molar-refractivity contribution in [1.82, 2.24) is 14.9 Å². The molecule has 0 unspecified atom stereocenters. The van der Waals surface area contributed by atoms with Gasteiger partial charge in [0.05, 0.1) is 6.61 Å². The lowest BCUT2D eigenvalue weighted by molar-refractivity contribution is 0.0712. The van der Waals surface area contributed by atoms with Crippen molar-refractivity contribution in [1.29, 1.82) is 0 Å². The highest BCUT2D eigenvalue weighted by atomic mass is 16.5. The van der Waals surface area contributed by atoms with Crippen LogP contribution in [-0.4, -0.2) is 41.0 Å². The molecule has 5 heteroatoms. The molecule has 1 aliphatic heterocycles. The van der Waals surface area contributed by atoms with Gasteiger partial charge in [-0.15, -0.1) is 0 Å². The zero-order valence-corrected chi connectivity index (χ0v) is 14.9. The maximum atomic E-state index is 12.7. The lowest BCUT2D eigenvalue weighted by Crippen LogP contribution is -2.38. The van der Waals surface area contributed by atoms with E-state index in [0.717, 1.165) is 48.0 Å². The third kappa shape index (κ3) is 3.35. The molecule has 5 nitrogen and oxygen atoms in total. The normalized spacial score (nSPS) is 15.5. The van der Waals surface area contributed by atoms with Crippen LogP contribution in [-0.2, 0) is 11.3 Å². The van der Waals surface area contributed by atoms with Crippen LogP contribution < -0.4 is 0 Å².